The molecule has 0 fully saturated rings. The molecule has 0 heterocycles. The molecular weight excluding hydrogens is 389 g/mol. The molecule has 0 atom stereocenters. The average molecular weight is 397 g/mol. The second-order valence-electron chi connectivity index (χ2n) is 3.74. The third-order valence-corrected chi connectivity index (χ3v) is 4.12. The first-order valence-electron chi connectivity index (χ1n) is 4.90. The van der Waals surface area contributed by atoms with E-state index in [-0.39, 0.29) is 0 Å². The highest BCUT2D eigenvalue weighted by atomic mass is 127. The van der Waals surface area contributed by atoms with Crippen LogP contribution >= 0.6 is 57.4 Å². The van der Waals surface area contributed by atoms with Gasteiger partial charge < -0.3 is 0 Å². The van der Waals surface area contributed by atoms with Crippen LogP contribution in [0.2, 0.25) is 15.1 Å². The van der Waals surface area contributed by atoms with Gasteiger partial charge in [0.25, 0.3) is 0 Å². The predicted octanol–water partition coefficient (Wildman–Crippen LogP) is 6.23. The Balaban J connectivity index is 2.72. The molecule has 0 radical (unpaired) electrons. The first-order chi connectivity index (χ1) is 7.99. The smallest absolute Gasteiger partial charge is 0.0685 e. The Labute approximate surface area is 129 Å². The Morgan fingerprint density at radius 2 is 1.59 bits per heavy atom. The van der Waals surface area contributed by atoms with E-state index in [0.717, 1.165) is 14.7 Å². The van der Waals surface area contributed by atoms with Gasteiger partial charge in [-0.1, -0.05) is 40.9 Å². The summed E-state index contributed by atoms with van der Waals surface area (Å²) in [4.78, 5) is 0. The van der Waals surface area contributed by atoms with Crippen molar-refractivity contribution in [3.63, 3.8) is 0 Å². The number of hydrogen-bond acceptors (Lipinski definition) is 0. The van der Waals surface area contributed by atoms with E-state index in [2.05, 4.69) is 28.7 Å². The summed E-state index contributed by atoms with van der Waals surface area (Å²) < 4.78 is 1.14. The van der Waals surface area contributed by atoms with Crippen molar-refractivity contribution >= 4 is 57.4 Å². The molecule has 2 rings (SSSR count). The van der Waals surface area contributed by atoms with Crippen molar-refractivity contribution in [1.82, 2.24) is 0 Å². The van der Waals surface area contributed by atoms with Crippen molar-refractivity contribution in [1.29, 1.82) is 0 Å². The Morgan fingerprint density at radius 3 is 2.24 bits per heavy atom. The second-order valence-corrected chi connectivity index (χ2v) is 6.17. The molecule has 0 amide bonds. The molecule has 0 aliphatic carbocycles. The number of aryl methyl sites for hydroxylation is 1. The monoisotopic (exact) mass is 396 g/mol. The summed E-state index contributed by atoms with van der Waals surface area (Å²) in [7, 11) is 0. The van der Waals surface area contributed by atoms with E-state index < -0.39 is 0 Å². The highest BCUT2D eigenvalue weighted by Crippen LogP contribution is 2.39. The minimum Gasteiger partial charge on any atom is -0.0836 e. The molecule has 0 saturated carbocycles. The van der Waals surface area contributed by atoms with Gasteiger partial charge in [0.15, 0.2) is 0 Å². The molecule has 88 valence electrons. The lowest BCUT2D eigenvalue weighted by molar-refractivity contribution is 1.44. The van der Waals surface area contributed by atoms with Crippen LogP contribution in [0.25, 0.3) is 11.1 Å². The van der Waals surface area contributed by atoms with Gasteiger partial charge in [-0.25, -0.2) is 0 Å². The van der Waals surface area contributed by atoms with Gasteiger partial charge in [0, 0.05) is 14.2 Å². The van der Waals surface area contributed by atoms with Crippen molar-refractivity contribution in [3.05, 3.63) is 54.5 Å². The maximum absolute atomic E-state index is 6.22. The van der Waals surface area contributed by atoms with Gasteiger partial charge in [-0.3, -0.25) is 0 Å². The van der Waals surface area contributed by atoms with Gasteiger partial charge in [-0.05, 0) is 64.9 Å². The van der Waals surface area contributed by atoms with Crippen LogP contribution in [-0.4, -0.2) is 0 Å². The van der Waals surface area contributed by atoms with E-state index in [9.17, 15) is 0 Å². The Hall–Kier alpha value is 0.0400. The summed E-state index contributed by atoms with van der Waals surface area (Å²) >= 11 is 20.7. The first-order valence-corrected chi connectivity index (χ1v) is 7.11. The highest BCUT2D eigenvalue weighted by Gasteiger charge is 2.12. The van der Waals surface area contributed by atoms with Gasteiger partial charge in [-0.15, -0.1) is 0 Å². The maximum Gasteiger partial charge on any atom is 0.0685 e. The minimum atomic E-state index is 0.501. The quantitative estimate of drug-likeness (QED) is 0.395. The highest BCUT2D eigenvalue weighted by molar-refractivity contribution is 14.1. The van der Waals surface area contributed by atoms with Gasteiger partial charge in [0.1, 0.15) is 0 Å². The van der Waals surface area contributed by atoms with E-state index in [1.807, 2.05) is 19.1 Å². The van der Waals surface area contributed by atoms with Gasteiger partial charge in [-0.2, -0.15) is 0 Å². The van der Waals surface area contributed by atoms with Crippen molar-refractivity contribution in [2.75, 3.05) is 0 Å². The molecule has 0 saturated heterocycles. The minimum absolute atomic E-state index is 0.501. The Kier molecular flexibility index (Phi) is 4.24. The molecule has 2 aromatic rings. The van der Waals surface area contributed by atoms with Crippen LogP contribution < -0.4 is 0 Å². The summed E-state index contributed by atoms with van der Waals surface area (Å²) in [5.74, 6) is 0. The molecule has 0 spiro atoms. The molecule has 0 aromatic heterocycles. The fraction of sp³-hybridized carbons (Fsp3) is 0.0769. The zero-order chi connectivity index (χ0) is 12.6. The van der Waals surface area contributed by atoms with Crippen molar-refractivity contribution < 1.29 is 0 Å². The van der Waals surface area contributed by atoms with Crippen molar-refractivity contribution in [2.45, 2.75) is 6.92 Å². The summed E-state index contributed by atoms with van der Waals surface area (Å²) in [5.41, 5.74) is 2.95. The molecular formula is C13H8Cl3I. The molecule has 0 N–H and O–H groups in total. The molecule has 0 bridgehead atoms. The van der Waals surface area contributed by atoms with E-state index in [1.165, 1.54) is 5.56 Å². The first kappa shape index (κ1) is 13.5. The molecule has 0 nitrogen and oxygen atoms in total. The van der Waals surface area contributed by atoms with Crippen LogP contribution in [0.1, 0.15) is 5.56 Å². The molecule has 2 aromatic carbocycles. The summed E-state index contributed by atoms with van der Waals surface area (Å²) in [6.45, 7) is 2.04. The van der Waals surface area contributed by atoms with Gasteiger partial charge >= 0.3 is 0 Å². The maximum atomic E-state index is 6.22. The molecule has 0 unspecified atom stereocenters. The lowest BCUT2D eigenvalue weighted by atomic mass is 10.0. The summed E-state index contributed by atoms with van der Waals surface area (Å²) in [6, 6.07) is 9.65. The average Bonchev–Trinajstić information content (AvgIpc) is 2.23. The predicted molar refractivity (Wildman–Crippen MR) is 84.4 cm³/mol. The number of hydrogen-bond donors (Lipinski definition) is 0. The third-order valence-electron chi connectivity index (χ3n) is 2.37. The van der Waals surface area contributed by atoms with Crippen LogP contribution in [0.3, 0.4) is 0 Å². The fourth-order valence-electron chi connectivity index (χ4n) is 1.67. The van der Waals surface area contributed by atoms with Crippen LogP contribution in [0.5, 0.6) is 0 Å². The zero-order valence-corrected chi connectivity index (χ0v) is 13.3. The Morgan fingerprint density at radius 1 is 0.941 bits per heavy atom. The van der Waals surface area contributed by atoms with Crippen LogP contribution in [0, 0.1) is 10.5 Å². The zero-order valence-electron chi connectivity index (χ0n) is 8.90. The standard InChI is InChI=1S/C13H8Cl3I/c1-7-4-8(6-9(17)5-7)12-10(14)2-3-11(15)13(12)16/h2-6H,1H3. The normalized spacial score (nSPS) is 10.6. The largest absolute Gasteiger partial charge is 0.0836 e. The number of halogens is 4. The van der Waals surface area contributed by atoms with Crippen LogP contribution in [0.15, 0.2) is 30.3 Å². The molecule has 0 aliphatic heterocycles. The van der Waals surface area contributed by atoms with E-state index in [0.29, 0.717) is 15.1 Å². The second kappa shape index (κ2) is 5.35. The summed E-state index contributed by atoms with van der Waals surface area (Å²) in [5, 5.41) is 1.63. The van der Waals surface area contributed by atoms with Crippen LogP contribution in [0.4, 0.5) is 0 Å². The van der Waals surface area contributed by atoms with Gasteiger partial charge in [0.2, 0.25) is 0 Å². The van der Waals surface area contributed by atoms with Crippen molar-refractivity contribution in [3.8, 4) is 11.1 Å². The van der Waals surface area contributed by atoms with Gasteiger partial charge in [0.05, 0.1) is 10.0 Å². The molecule has 17 heavy (non-hydrogen) atoms. The third kappa shape index (κ3) is 2.90. The summed E-state index contributed by atoms with van der Waals surface area (Å²) in [6.07, 6.45) is 0. The fourth-order valence-corrected chi connectivity index (χ4v) is 3.25. The lowest BCUT2D eigenvalue weighted by Crippen LogP contribution is -1.86. The molecule has 0 aliphatic rings. The Bertz CT molecular complexity index is 559. The van der Waals surface area contributed by atoms with E-state index in [1.54, 1.807) is 12.1 Å². The molecule has 4 heteroatoms. The van der Waals surface area contributed by atoms with E-state index >= 15 is 0 Å². The van der Waals surface area contributed by atoms with E-state index in [4.69, 9.17) is 34.8 Å². The van der Waals surface area contributed by atoms with Crippen LogP contribution in [-0.2, 0) is 0 Å². The van der Waals surface area contributed by atoms with Crippen molar-refractivity contribution in [2.24, 2.45) is 0 Å². The number of rotatable bonds is 1. The number of benzene rings is 2. The topological polar surface area (TPSA) is 0 Å². The SMILES string of the molecule is Cc1cc(I)cc(-c2c(Cl)ccc(Cl)c2Cl)c1. The lowest BCUT2D eigenvalue weighted by Gasteiger charge is -2.10.